The molecule has 0 bridgehead atoms. The van der Waals surface area contributed by atoms with E-state index in [4.69, 9.17) is 11.6 Å². The number of hydrogen-bond acceptors (Lipinski definition) is 3. The van der Waals surface area contributed by atoms with E-state index in [1.807, 2.05) is 26.1 Å². The van der Waals surface area contributed by atoms with Crippen molar-refractivity contribution in [3.05, 3.63) is 28.8 Å². The summed E-state index contributed by atoms with van der Waals surface area (Å²) >= 11 is 5.90. The summed E-state index contributed by atoms with van der Waals surface area (Å²) in [6.45, 7) is 4.29. The van der Waals surface area contributed by atoms with Crippen LogP contribution in [0.4, 0.5) is 5.69 Å². The van der Waals surface area contributed by atoms with Gasteiger partial charge in [-0.2, -0.15) is 0 Å². The number of carbonyl (C=O) groups excluding carboxylic acids is 1. The van der Waals surface area contributed by atoms with Crippen LogP contribution < -0.4 is 10.6 Å². The molecule has 4 nitrogen and oxygen atoms in total. The van der Waals surface area contributed by atoms with E-state index in [0.717, 1.165) is 30.8 Å². The fourth-order valence-corrected chi connectivity index (χ4v) is 2.60. The van der Waals surface area contributed by atoms with Crippen LogP contribution in [0.3, 0.4) is 0 Å². The topological polar surface area (TPSA) is 44.4 Å². The lowest BCUT2D eigenvalue weighted by Gasteiger charge is -2.16. The molecule has 1 saturated heterocycles. The molecule has 0 radical (unpaired) electrons. The molecular weight excluding hydrogens is 297 g/mol. The Balaban J connectivity index is 0.00000200. The third-order valence-electron chi connectivity index (χ3n) is 3.51. The molecule has 1 aromatic carbocycles. The summed E-state index contributed by atoms with van der Waals surface area (Å²) in [6.07, 6.45) is 1.10. The molecule has 1 amide bonds. The van der Waals surface area contributed by atoms with Crippen molar-refractivity contribution < 1.29 is 4.79 Å². The van der Waals surface area contributed by atoms with E-state index >= 15 is 0 Å². The van der Waals surface area contributed by atoms with Gasteiger partial charge >= 0.3 is 0 Å². The summed E-state index contributed by atoms with van der Waals surface area (Å²) in [5.41, 5.74) is 1.81. The zero-order chi connectivity index (χ0) is 13.8. The number of rotatable bonds is 4. The first kappa shape index (κ1) is 17.2. The summed E-state index contributed by atoms with van der Waals surface area (Å²) in [5.74, 6) is 0.0298. The number of benzene rings is 1. The number of likely N-dealkylation sites (tertiary alicyclic amines) is 1. The third kappa shape index (κ3) is 4.63. The fraction of sp³-hybridized carbons (Fsp3) is 0.500. The molecule has 0 saturated carbocycles. The van der Waals surface area contributed by atoms with Crippen LogP contribution in [0.2, 0.25) is 5.02 Å². The highest BCUT2D eigenvalue weighted by Gasteiger charge is 2.22. The number of amides is 1. The molecule has 0 aromatic heterocycles. The monoisotopic (exact) mass is 317 g/mol. The van der Waals surface area contributed by atoms with Crippen LogP contribution in [-0.4, -0.2) is 43.5 Å². The average Bonchev–Trinajstić information content (AvgIpc) is 2.80. The minimum Gasteiger partial charge on any atom is -0.325 e. The predicted molar refractivity (Wildman–Crippen MR) is 86.0 cm³/mol. The van der Waals surface area contributed by atoms with Crippen LogP contribution in [0.25, 0.3) is 0 Å². The molecule has 2 N–H and O–H groups in total. The Morgan fingerprint density at radius 3 is 2.85 bits per heavy atom. The van der Waals surface area contributed by atoms with Gasteiger partial charge in [-0.05, 0) is 44.2 Å². The highest BCUT2D eigenvalue weighted by molar-refractivity contribution is 6.30. The van der Waals surface area contributed by atoms with Gasteiger partial charge in [0.25, 0.3) is 0 Å². The normalized spacial score (nSPS) is 18.6. The van der Waals surface area contributed by atoms with Crippen molar-refractivity contribution >= 4 is 35.6 Å². The summed E-state index contributed by atoms with van der Waals surface area (Å²) < 4.78 is 0. The van der Waals surface area contributed by atoms with Crippen LogP contribution in [0.5, 0.6) is 0 Å². The Labute approximate surface area is 131 Å². The van der Waals surface area contributed by atoms with Crippen molar-refractivity contribution in [3.8, 4) is 0 Å². The Morgan fingerprint density at radius 2 is 2.25 bits per heavy atom. The quantitative estimate of drug-likeness (QED) is 0.895. The SMILES string of the molecule is CNC1CCN(CC(=O)Nc2ccc(Cl)cc2C)C1.Cl. The molecular formula is C14H21Cl2N3O. The first-order chi connectivity index (χ1) is 9.08. The van der Waals surface area contributed by atoms with Crippen molar-refractivity contribution in [2.45, 2.75) is 19.4 Å². The van der Waals surface area contributed by atoms with Gasteiger partial charge in [-0.25, -0.2) is 0 Å². The van der Waals surface area contributed by atoms with E-state index in [0.29, 0.717) is 17.6 Å². The molecule has 0 aliphatic carbocycles. The third-order valence-corrected chi connectivity index (χ3v) is 3.75. The second-order valence-corrected chi connectivity index (χ2v) is 5.45. The summed E-state index contributed by atoms with van der Waals surface area (Å²) in [7, 11) is 1.96. The zero-order valence-corrected chi connectivity index (χ0v) is 13.4. The molecule has 112 valence electrons. The van der Waals surface area contributed by atoms with Crippen LogP contribution >= 0.6 is 24.0 Å². The summed E-state index contributed by atoms with van der Waals surface area (Å²) in [4.78, 5) is 14.2. The van der Waals surface area contributed by atoms with Crippen LogP contribution in [0, 0.1) is 6.92 Å². The Morgan fingerprint density at radius 1 is 1.50 bits per heavy atom. The van der Waals surface area contributed by atoms with Crippen molar-refractivity contribution in [1.82, 2.24) is 10.2 Å². The fourth-order valence-electron chi connectivity index (χ4n) is 2.37. The molecule has 1 heterocycles. The van der Waals surface area contributed by atoms with Crippen molar-refractivity contribution in [2.24, 2.45) is 0 Å². The molecule has 1 aliphatic heterocycles. The second-order valence-electron chi connectivity index (χ2n) is 5.02. The molecule has 1 unspecified atom stereocenters. The Kier molecular flexibility index (Phi) is 6.76. The maximum atomic E-state index is 12.0. The molecule has 1 fully saturated rings. The maximum Gasteiger partial charge on any atom is 0.238 e. The number of nitrogens with one attached hydrogen (secondary N) is 2. The lowest BCUT2D eigenvalue weighted by atomic mass is 10.2. The number of nitrogens with zero attached hydrogens (tertiary/aromatic N) is 1. The molecule has 1 aromatic rings. The lowest BCUT2D eigenvalue weighted by Crippen LogP contribution is -2.34. The van der Waals surface area contributed by atoms with Gasteiger partial charge in [0.2, 0.25) is 5.91 Å². The van der Waals surface area contributed by atoms with Gasteiger partial charge in [-0.1, -0.05) is 11.6 Å². The van der Waals surface area contributed by atoms with Gasteiger partial charge in [-0.15, -0.1) is 12.4 Å². The maximum absolute atomic E-state index is 12.0. The highest BCUT2D eigenvalue weighted by Crippen LogP contribution is 2.19. The number of likely N-dealkylation sites (N-methyl/N-ethyl adjacent to an activating group) is 1. The van der Waals surface area contributed by atoms with Crippen LogP contribution in [-0.2, 0) is 4.79 Å². The van der Waals surface area contributed by atoms with Gasteiger partial charge in [0.15, 0.2) is 0 Å². The van der Waals surface area contributed by atoms with Crippen molar-refractivity contribution in [1.29, 1.82) is 0 Å². The van der Waals surface area contributed by atoms with E-state index in [9.17, 15) is 4.79 Å². The van der Waals surface area contributed by atoms with E-state index in [-0.39, 0.29) is 18.3 Å². The predicted octanol–water partition coefficient (Wildman–Crippen LogP) is 2.30. The first-order valence-electron chi connectivity index (χ1n) is 6.54. The lowest BCUT2D eigenvalue weighted by molar-refractivity contribution is -0.117. The minimum absolute atomic E-state index is 0. The molecule has 1 aliphatic rings. The number of aryl methyl sites for hydroxylation is 1. The van der Waals surface area contributed by atoms with Crippen LogP contribution in [0.1, 0.15) is 12.0 Å². The Bertz CT molecular complexity index is 468. The largest absolute Gasteiger partial charge is 0.325 e. The summed E-state index contributed by atoms with van der Waals surface area (Å²) in [5, 5.41) is 6.87. The van der Waals surface area contributed by atoms with Crippen molar-refractivity contribution in [2.75, 3.05) is 32.0 Å². The average molecular weight is 318 g/mol. The molecule has 0 spiro atoms. The van der Waals surface area contributed by atoms with Crippen molar-refractivity contribution in [3.63, 3.8) is 0 Å². The number of carbonyl (C=O) groups is 1. The molecule has 6 heteroatoms. The van der Waals surface area contributed by atoms with Gasteiger partial charge in [0, 0.05) is 29.8 Å². The van der Waals surface area contributed by atoms with Gasteiger partial charge in [0.1, 0.15) is 0 Å². The minimum atomic E-state index is 0. The highest BCUT2D eigenvalue weighted by atomic mass is 35.5. The summed E-state index contributed by atoms with van der Waals surface area (Å²) in [6, 6.07) is 5.99. The molecule has 1 atom stereocenters. The van der Waals surface area contributed by atoms with Gasteiger partial charge < -0.3 is 10.6 Å². The number of anilines is 1. The second kappa shape index (κ2) is 7.84. The molecule has 20 heavy (non-hydrogen) atoms. The number of halogens is 2. The Hall–Kier alpha value is -0.810. The van der Waals surface area contributed by atoms with Crippen LogP contribution in [0.15, 0.2) is 18.2 Å². The van der Waals surface area contributed by atoms with E-state index < -0.39 is 0 Å². The zero-order valence-electron chi connectivity index (χ0n) is 11.8. The van der Waals surface area contributed by atoms with E-state index in [2.05, 4.69) is 15.5 Å². The van der Waals surface area contributed by atoms with Gasteiger partial charge in [-0.3, -0.25) is 9.69 Å². The molecule has 2 rings (SSSR count). The standard InChI is InChI=1S/C14H20ClN3O.ClH/c1-10-7-11(15)3-4-13(10)17-14(19)9-18-6-5-12(8-18)16-2;/h3-4,7,12,16H,5-6,8-9H2,1-2H3,(H,17,19);1H. The van der Waals surface area contributed by atoms with E-state index in [1.54, 1.807) is 6.07 Å². The van der Waals surface area contributed by atoms with E-state index in [1.165, 1.54) is 0 Å². The smallest absolute Gasteiger partial charge is 0.238 e. The van der Waals surface area contributed by atoms with Gasteiger partial charge in [0.05, 0.1) is 6.54 Å². The first-order valence-corrected chi connectivity index (χ1v) is 6.92. The number of hydrogen-bond donors (Lipinski definition) is 2.